The highest BCUT2D eigenvalue weighted by atomic mass is 16.5. The topological polar surface area (TPSA) is 79.8 Å². The van der Waals surface area contributed by atoms with Crippen molar-refractivity contribution in [2.75, 3.05) is 6.54 Å². The van der Waals surface area contributed by atoms with Gasteiger partial charge in [-0.25, -0.2) is 5.43 Å². The van der Waals surface area contributed by atoms with Crippen LogP contribution in [0.4, 0.5) is 0 Å². The van der Waals surface area contributed by atoms with E-state index in [0.29, 0.717) is 18.8 Å². The number of nitrogens with one attached hydrogen (secondary N) is 2. The van der Waals surface area contributed by atoms with Crippen molar-refractivity contribution in [3.05, 3.63) is 65.7 Å². The molecule has 0 saturated heterocycles. The van der Waals surface area contributed by atoms with Crippen LogP contribution in [0.2, 0.25) is 0 Å². The average Bonchev–Trinajstić information content (AvgIpc) is 2.82. The van der Waals surface area contributed by atoms with Crippen LogP contribution >= 0.6 is 0 Å². The van der Waals surface area contributed by atoms with Gasteiger partial charge in [0.1, 0.15) is 12.4 Å². The van der Waals surface area contributed by atoms with Crippen molar-refractivity contribution in [2.24, 2.45) is 5.10 Å². The Morgan fingerprint density at radius 2 is 1.56 bits per heavy atom. The summed E-state index contributed by atoms with van der Waals surface area (Å²) in [7, 11) is 0. The Hall–Kier alpha value is -3.15. The molecule has 0 aromatic heterocycles. The van der Waals surface area contributed by atoms with E-state index in [1.807, 2.05) is 54.6 Å². The Morgan fingerprint density at radius 1 is 0.875 bits per heavy atom. The first-order valence-corrected chi connectivity index (χ1v) is 11.5. The first kappa shape index (κ1) is 25.1. The zero-order valence-electron chi connectivity index (χ0n) is 19.0. The van der Waals surface area contributed by atoms with E-state index in [9.17, 15) is 9.59 Å². The second kappa shape index (κ2) is 15.6. The first-order chi connectivity index (χ1) is 15.7. The van der Waals surface area contributed by atoms with Crippen LogP contribution in [0, 0.1) is 0 Å². The van der Waals surface area contributed by atoms with Gasteiger partial charge in [0, 0.05) is 12.0 Å². The highest BCUT2D eigenvalue weighted by Gasteiger charge is 2.05. The molecular formula is C26H35N3O3. The minimum atomic E-state index is -0.364. The summed E-state index contributed by atoms with van der Waals surface area (Å²) in [5, 5.41) is 6.63. The number of hydrogen-bond acceptors (Lipinski definition) is 4. The highest BCUT2D eigenvalue weighted by molar-refractivity contribution is 5.87. The average molecular weight is 438 g/mol. The number of hydrogen-bond donors (Lipinski definition) is 2. The van der Waals surface area contributed by atoms with Crippen LogP contribution in [-0.2, 0) is 16.2 Å². The van der Waals surface area contributed by atoms with Gasteiger partial charge < -0.3 is 10.1 Å². The van der Waals surface area contributed by atoms with Crippen molar-refractivity contribution in [3.8, 4) is 5.75 Å². The summed E-state index contributed by atoms with van der Waals surface area (Å²) in [6.45, 7) is 2.56. The van der Waals surface area contributed by atoms with E-state index >= 15 is 0 Å². The SMILES string of the molecule is CCCCCCCCCC(=O)NCC(=O)NN=Cc1ccccc1OCc1ccccc1. The number of para-hydroxylation sites is 1. The smallest absolute Gasteiger partial charge is 0.259 e. The fourth-order valence-electron chi connectivity index (χ4n) is 3.18. The lowest BCUT2D eigenvalue weighted by atomic mass is 10.1. The van der Waals surface area contributed by atoms with Crippen LogP contribution < -0.4 is 15.5 Å². The molecular weight excluding hydrogens is 402 g/mol. The van der Waals surface area contributed by atoms with E-state index in [4.69, 9.17) is 4.74 Å². The molecule has 2 aromatic carbocycles. The molecule has 2 N–H and O–H groups in total. The number of carbonyl (C=O) groups is 2. The number of ether oxygens (including phenoxy) is 1. The molecule has 6 heteroatoms. The van der Waals surface area contributed by atoms with Gasteiger partial charge in [0.2, 0.25) is 5.91 Å². The second-order valence-electron chi connectivity index (χ2n) is 7.75. The van der Waals surface area contributed by atoms with Crippen molar-refractivity contribution in [2.45, 2.75) is 64.9 Å². The number of unbranched alkanes of at least 4 members (excludes halogenated alkanes) is 6. The van der Waals surface area contributed by atoms with Crippen molar-refractivity contribution in [1.82, 2.24) is 10.7 Å². The van der Waals surface area contributed by atoms with Crippen LogP contribution in [0.5, 0.6) is 5.75 Å². The van der Waals surface area contributed by atoms with Gasteiger partial charge in [0.25, 0.3) is 5.91 Å². The zero-order chi connectivity index (χ0) is 22.9. The Morgan fingerprint density at radius 3 is 2.34 bits per heavy atom. The molecule has 2 aromatic rings. The van der Waals surface area contributed by atoms with Crippen molar-refractivity contribution in [3.63, 3.8) is 0 Å². The van der Waals surface area contributed by atoms with Crippen LogP contribution in [0.15, 0.2) is 59.7 Å². The van der Waals surface area contributed by atoms with Gasteiger partial charge in [-0.1, -0.05) is 87.9 Å². The van der Waals surface area contributed by atoms with Crippen LogP contribution in [-0.4, -0.2) is 24.6 Å². The maximum Gasteiger partial charge on any atom is 0.259 e. The minimum absolute atomic E-state index is 0.0845. The molecule has 0 aliphatic rings. The van der Waals surface area contributed by atoms with Gasteiger partial charge in [-0.3, -0.25) is 9.59 Å². The van der Waals surface area contributed by atoms with Crippen LogP contribution in [0.25, 0.3) is 0 Å². The molecule has 2 amide bonds. The number of benzene rings is 2. The van der Waals surface area contributed by atoms with Crippen molar-refractivity contribution < 1.29 is 14.3 Å². The third kappa shape index (κ3) is 10.8. The summed E-state index contributed by atoms with van der Waals surface area (Å²) in [5.41, 5.74) is 4.27. The standard InChI is InChI=1S/C26H35N3O3/c1-2-3-4-5-6-7-11-18-25(30)27-20-26(31)29-28-19-23-16-12-13-17-24(23)32-21-22-14-9-8-10-15-22/h8-10,12-17,19H,2-7,11,18,20-21H2,1H3,(H,27,30)(H,29,31). The molecule has 32 heavy (non-hydrogen) atoms. The summed E-state index contributed by atoms with van der Waals surface area (Å²) < 4.78 is 5.87. The Balaban J connectivity index is 1.65. The summed E-state index contributed by atoms with van der Waals surface area (Å²) in [4.78, 5) is 23.8. The molecule has 0 spiro atoms. The fourth-order valence-corrected chi connectivity index (χ4v) is 3.18. The van der Waals surface area contributed by atoms with E-state index in [1.54, 1.807) is 6.21 Å². The summed E-state index contributed by atoms with van der Waals surface area (Å²) in [6, 6.07) is 17.4. The quantitative estimate of drug-likeness (QED) is 0.234. The molecule has 0 heterocycles. The number of carbonyl (C=O) groups excluding carboxylic acids is 2. The lowest BCUT2D eigenvalue weighted by Gasteiger charge is -2.09. The summed E-state index contributed by atoms with van der Waals surface area (Å²) >= 11 is 0. The van der Waals surface area contributed by atoms with E-state index in [0.717, 1.165) is 24.0 Å². The van der Waals surface area contributed by atoms with Gasteiger partial charge in [0.05, 0.1) is 12.8 Å². The summed E-state index contributed by atoms with van der Waals surface area (Å²) in [6.07, 6.45) is 10.1. The van der Waals surface area contributed by atoms with Crippen molar-refractivity contribution in [1.29, 1.82) is 0 Å². The molecule has 0 fully saturated rings. The number of rotatable bonds is 15. The van der Waals surface area contributed by atoms with Gasteiger partial charge in [-0.2, -0.15) is 5.10 Å². The number of hydrazone groups is 1. The maximum absolute atomic E-state index is 11.9. The monoisotopic (exact) mass is 437 g/mol. The molecule has 172 valence electrons. The van der Waals surface area contributed by atoms with Crippen LogP contribution in [0.3, 0.4) is 0 Å². The minimum Gasteiger partial charge on any atom is -0.488 e. The molecule has 2 rings (SSSR count). The van der Waals surface area contributed by atoms with E-state index < -0.39 is 0 Å². The fraction of sp³-hybridized carbons (Fsp3) is 0.423. The Kier molecular flexibility index (Phi) is 12.3. The van der Waals surface area contributed by atoms with E-state index in [-0.39, 0.29) is 18.4 Å². The van der Waals surface area contributed by atoms with E-state index in [1.165, 1.54) is 32.1 Å². The predicted octanol–water partition coefficient (Wildman–Crippen LogP) is 4.97. The Bertz CT molecular complexity index is 837. The first-order valence-electron chi connectivity index (χ1n) is 11.5. The summed E-state index contributed by atoms with van der Waals surface area (Å²) in [5.74, 6) is 0.214. The third-order valence-electron chi connectivity index (χ3n) is 5.00. The molecule has 0 aliphatic heterocycles. The van der Waals surface area contributed by atoms with Gasteiger partial charge in [-0.05, 0) is 24.1 Å². The maximum atomic E-state index is 11.9. The van der Waals surface area contributed by atoms with Gasteiger partial charge in [-0.15, -0.1) is 0 Å². The number of nitrogens with zero attached hydrogens (tertiary/aromatic N) is 1. The highest BCUT2D eigenvalue weighted by Crippen LogP contribution is 2.17. The van der Waals surface area contributed by atoms with Gasteiger partial charge in [0.15, 0.2) is 0 Å². The molecule has 0 saturated carbocycles. The van der Waals surface area contributed by atoms with Crippen LogP contribution in [0.1, 0.15) is 69.4 Å². The lowest BCUT2D eigenvalue weighted by Crippen LogP contribution is -2.34. The zero-order valence-corrected chi connectivity index (χ0v) is 19.0. The normalized spacial score (nSPS) is 10.8. The molecule has 0 atom stereocenters. The van der Waals surface area contributed by atoms with E-state index in [2.05, 4.69) is 22.8 Å². The third-order valence-corrected chi connectivity index (χ3v) is 5.00. The molecule has 0 aliphatic carbocycles. The molecule has 6 nitrogen and oxygen atoms in total. The molecule has 0 bridgehead atoms. The molecule has 0 unspecified atom stereocenters. The largest absolute Gasteiger partial charge is 0.488 e. The second-order valence-corrected chi connectivity index (χ2v) is 7.75. The molecule has 0 radical (unpaired) electrons. The van der Waals surface area contributed by atoms with Crippen molar-refractivity contribution >= 4 is 18.0 Å². The number of amides is 2. The predicted molar refractivity (Wildman–Crippen MR) is 129 cm³/mol. The lowest BCUT2D eigenvalue weighted by molar-refractivity contribution is -0.126. The van der Waals surface area contributed by atoms with Gasteiger partial charge >= 0.3 is 0 Å². The Labute approximate surface area is 191 Å².